The van der Waals surface area contributed by atoms with E-state index in [1.807, 2.05) is 0 Å². The van der Waals surface area contributed by atoms with Crippen LogP contribution in [0.5, 0.6) is 11.5 Å². The number of phenolic OH excluding ortho intramolecular Hbond substituents is 2. The second-order valence-electron chi connectivity index (χ2n) is 4.23. The molecule has 0 saturated carbocycles. The fourth-order valence-electron chi connectivity index (χ4n) is 1.67. The van der Waals surface area contributed by atoms with Crippen molar-refractivity contribution in [1.82, 2.24) is 5.43 Å². The first-order chi connectivity index (χ1) is 9.59. The summed E-state index contributed by atoms with van der Waals surface area (Å²) >= 11 is 0. The van der Waals surface area contributed by atoms with Gasteiger partial charge in [0.05, 0.1) is 11.8 Å². The molecular formula is C15H14N2O3. The molecule has 5 heteroatoms. The molecule has 2 aromatic carbocycles. The summed E-state index contributed by atoms with van der Waals surface area (Å²) in [7, 11) is 0. The normalized spacial score (nSPS) is 10.7. The van der Waals surface area contributed by atoms with Crippen molar-refractivity contribution in [2.45, 2.75) is 6.92 Å². The zero-order valence-corrected chi connectivity index (χ0v) is 10.9. The van der Waals surface area contributed by atoms with Gasteiger partial charge in [-0.1, -0.05) is 24.3 Å². The Morgan fingerprint density at radius 2 is 1.90 bits per heavy atom. The third-order valence-corrected chi connectivity index (χ3v) is 2.79. The predicted octanol–water partition coefficient (Wildman–Crippen LogP) is 2.17. The predicted molar refractivity (Wildman–Crippen MR) is 76.0 cm³/mol. The third-order valence-electron chi connectivity index (χ3n) is 2.79. The van der Waals surface area contributed by atoms with E-state index in [1.165, 1.54) is 18.3 Å². The Hall–Kier alpha value is -2.82. The van der Waals surface area contributed by atoms with Crippen LogP contribution in [0.15, 0.2) is 47.6 Å². The number of carbonyl (C=O) groups excluding carboxylic acids is 1. The Kier molecular flexibility index (Phi) is 4.00. The number of hydrogen-bond donors (Lipinski definition) is 3. The number of rotatable bonds is 3. The molecule has 5 nitrogen and oxygen atoms in total. The van der Waals surface area contributed by atoms with Gasteiger partial charge < -0.3 is 10.2 Å². The van der Waals surface area contributed by atoms with E-state index in [2.05, 4.69) is 10.5 Å². The summed E-state index contributed by atoms with van der Waals surface area (Å²) in [6.07, 6.45) is 1.35. The van der Waals surface area contributed by atoms with Gasteiger partial charge in [0.15, 0.2) is 0 Å². The number of nitrogens with one attached hydrogen (secondary N) is 1. The van der Waals surface area contributed by atoms with Crippen LogP contribution in [0.4, 0.5) is 0 Å². The standard InChI is InChI=1S/C15H14N2O3/c1-10-5-4-6-11(14(10)19)9-16-17-15(20)12-7-2-3-8-13(12)18/h2-9,18-19H,1H3,(H,17,20)/b16-9-. The van der Waals surface area contributed by atoms with Crippen molar-refractivity contribution in [2.24, 2.45) is 5.10 Å². The lowest BCUT2D eigenvalue weighted by atomic mass is 10.1. The molecule has 0 heterocycles. The van der Waals surface area contributed by atoms with Gasteiger partial charge in [0.1, 0.15) is 11.5 Å². The Bertz CT molecular complexity index is 666. The smallest absolute Gasteiger partial charge is 0.275 e. The van der Waals surface area contributed by atoms with E-state index in [0.717, 1.165) is 5.56 Å². The van der Waals surface area contributed by atoms with Gasteiger partial charge in [-0.3, -0.25) is 4.79 Å². The lowest BCUT2D eigenvalue weighted by Crippen LogP contribution is -2.17. The van der Waals surface area contributed by atoms with Crippen LogP contribution in [0.2, 0.25) is 0 Å². The molecule has 0 aliphatic carbocycles. The largest absolute Gasteiger partial charge is 0.507 e. The van der Waals surface area contributed by atoms with Crippen LogP contribution in [-0.4, -0.2) is 22.3 Å². The maximum Gasteiger partial charge on any atom is 0.275 e. The van der Waals surface area contributed by atoms with Crippen molar-refractivity contribution in [3.05, 3.63) is 59.2 Å². The molecule has 0 fully saturated rings. The molecule has 3 N–H and O–H groups in total. The highest BCUT2D eigenvalue weighted by molar-refractivity contribution is 5.97. The zero-order chi connectivity index (χ0) is 14.5. The topological polar surface area (TPSA) is 81.9 Å². The third kappa shape index (κ3) is 2.95. The molecule has 1 amide bonds. The van der Waals surface area contributed by atoms with E-state index in [1.54, 1.807) is 37.3 Å². The van der Waals surface area contributed by atoms with Crippen molar-refractivity contribution in [1.29, 1.82) is 0 Å². The molecule has 0 spiro atoms. The van der Waals surface area contributed by atoms with Crippen LogP contribution in [0.1, 0.15) is 21.5 Å². The Labute approximate surface area is 116 Å². The minimum Gasteiger partial charge on any atom is -0.507 e. The Morgan fingerprint density at radius 1 is 1.15 bits per heavy atom. The van der Waals surface area contributed by atoms with Gasteiger partial charge in [-0.05, 0) is 30.7 Å². The first-order valence-corrected chi connectivity index (χ1v) is 5.99. The molecule has 20 heavy (non-hydrogen) atoms. The van der Waals surface area contributed by atoms with E-state index in [4.69, 9.17) is 0 Å². The van der Waals surface area contributed by atoms with Gasteiger partial charge in [-0.2, -0.15) is 5.10 Å². The number of nitrogens with zero attached hydrogens (tertiary/aromatic N) is 1. The molecule has 0 saturated heterocycles. The second kappa shape index (κ2) is 5.88. The molecular weight excluding hydrogens is 256 g/mol. The minimum atomic E-state index is -0.522. The molecule has 0 aromatic heterocycles. The molecule has 0 bridgehead atoms. The Morgan fingerprint density at radius 3 is 2.65 bits per heavy atom. The number of phenols is 2. The lowest BCUT2D eigenvalue weighted by Gasteiger charge is -2.03. The van der Waals surface area contributed by atoms with Crippen LogP contribution >= 0.6 is 0 Å². The van der Waals surface area contributed by atoms with Gasteiger partial charge in [0.2, 0.25) is 0 Å². The molecule has 0 aliphatic rings. The van der Waals surface area contributed by atoms with Crippen LogP contribution < -0.4 is 5.43 Å². The summed E-state index contributed by atoms with van der Waals surface area (Å²) in [5.74, 6) is -0.516. The highest BCUT2D eigenvalue weighted by Crippen LogP contribution is 2.19. The van der Waals surface area contributed by atoms with E-state index in [-0.39, 0.29) is 17.1 Å². The van der Waals surface area contributed by atoms with Gasteiger partial charge >= 0.3 is 0 Å². The summed E-state index contributed by atoms with van der Waals surface area (Å²) < 4.78 is 0. The average Bonchev–Trinajstić information content (AvgIpc) is 2.44. The quantitative estimate of drug-likeness (QED) is 0.590. The van der Waals surface area contributed by atoms with E-state index >= 15 is 0 Å². The molecule has 0 atom stereocenters. The SMILES string of the molecule is Cc1cccc(/C=N\NC(=O)c2ccccc2O)c1O. The van der Waals surface area contributed by atoms with Gasteiger partial charge in [0, 0.05) is 5.56 Å². The zero-order valence-electron chi connectivity index (χ0n) is 10.9. The number of hydrogen-bond acceptors (Lipinski definition) is 4. The van der Waals surface area contributed by atoms with E-state index < -0.39 is 5.91 Å². The van der Waals surface area contributed by atoms with Crippen LogP contribution in [0, 0.1) is 6.92 Å². The molecule has 2 rings (SSSR count). The molecule has 0 unspecified atom stereocenters. The van der Waals surface area contributed by atoms with Crippen molar-refractivity contribution in [3.8, 4) is 11.5 Å². The number of amides is 1. The number of carbonyl (C=O) groups is 1. The van der Waals surface area contributed by atoms with Crippen LogP contribution in [0.25, 0.3) is 0 Å². The lowest BCUT2D eigenvalue weighted by molar-refractivity contribution is 0.0952. The Balaban J connectivity index is 2.09. The van der Waals surface area contributed by atoms with Crippen molar-refractivity contribution >= 4 is 12.1 Å². The highest BCUT2D eigenvalue weighted by Gasteiger charge is 2.08. The van der Waals surface area contributed by atoms with Crippen molar-refractivity contribution in [2.75, 3.05) is 0 Å². The maximum atomic E-state index is 11.8. The van der Waals surface area contributed by atoms with E-state index in [9.17, 15) is 15.0 Å². The molecule has 2 aromatic rings. The average molecular weight is 270 g/mol. The summed E-state index contributed by atoms with van der Waals surface area (Å²) in [5.41, 5.74) is 3.66. The number of benzene rings is 2. The van der Waals surface area contributed by atoms with E-state index in [0.29, 0.717) is 5.56 Å². The van der Waals surface area contributed by atoms with Crippen LogP contribution in [0.3, 0.4) is 0 Å². The monoisotopic (exact) mass is 270 g/mol. The number of aromatic hydroxyl groups is 2. The van der Waals surface area contributed by atoms with Crippen molar-refractivity contribution in [3.63, 3.8) is 0 Å². The van der Waals surface area contributed by atoms with Crippen LogP contribution in [-0.2, 0) is 0 Å². The first kappa shape index (κ1) is 13.6. The number of aryl methyl sites for hydroxylation is 1. The summed E-state index contributed by atoms with van der Waals surface area (Å²) in [4.78, 5) is 11.8. The van der Waals surface area contributed by atoms with Gasteiger partial charge in [0.25, 0.3) is 5.91 Å². The number of hydrazone groups is 1. The van der Waals surface area contributed by atoms with Gasteiger partial charge in [-0.15, -0.1) is 0 Å². The highest BCUT2D eigenvalue weighted by atomic mass is 16.3. The molecule has 0 radical (unpaired) electrons. The second-order valence-corrected chi connectivity index (χ2v) is 4.23. The summed E-state index contributed by atoms with van der Waals surface area (Å²) in [6.45, 7) is 1.77. The summed E-state index contributed by atoms with van der Waals surface area (Å²) in [6, 6.07) is 11.4. The summed E-state index contributed by atoms with van der Waals surface area (Å²) in [5, 5.41) is 23.1. The van der Waals surface area contributed by atoms with Crippen molar-refractivity contribution < 1.29 is 15.0 Å². The maximum absolute atomic E-state index is 11.8. The fraction of sp³-hybridized carbons (Fsp3) is 0.0667. The fourth-order valence-corrected chi connectivity index (χ4v) is 1.67. The molecule has 102 valence electrons. The number of para-hydroxylation sites is 2. The minimum absolute atomic E-state index is 0.112. The molecule has 0 aliphatic heterocycles. The first-order valence-electron chi connectivity index (χ1n) is 5.99. The van der Waals surface area contributed by atoms with Gasteiger partial charge in [-0.25, -0.2) is 5.43 Å².